The standard InChI is InChI=1S/C28H29NO7/c1-18(17-23(31)25-27(35-20(3)30)24(33-4)15-16-29-25)28(32)36-26(21-11-7-5-8-12-21)19(2)34-22-13-9-6-10-14-22/h5-16,18-19,26H,17H2,1-4H3/t18-,19-,26+/m1/s1. The van der Waals surface area contributed by atoms with Crippen LogP contribution in [0.25, 0.3) is 0 Å². The second-order valence-corrected chi connectivity index (χ2v) is 8.22. The molecule has 2 aromatic carbocycles. The summed E-state index contributed by atoms with van der Waals surface area (Å²) >= 11 is 0. The summed E-state index contributed by atoms with van der Waals surface area (Å²) in [6.07, 6.45) is -0.0426. The van der Waals surface area contributed by atoms with E-state index < -0.39 is 35.8 Å². The van der Waals surface area contributed by atoms with Crippen molar-refractivity contribution in [2.24, 2.45) is 5.92 Å². The molecule has 3 atom stereocenters. The minimum atomic E-state index is -0.800. The molecule has 1 aromatic heterocycles. The first-order chi connectivity index (χ1) is 17.3. The molecule has 3 rings (SSSR count). The average molecular weight is 492 g/mol. The molecule has 0 radical (unpaired) electrons. The first-order valence-corrected chi connectivity index (χ1v) is 11.5. The van der Waals surface area contributed by atoms with Crippen molar-refractivity contribution >= 4 is 17.7 Å². The largest absolute Gasteiger partial charge is 0.493 e. The van der Waals surface area contributed by atoms with Crippen LogP contribution in [0.2, 0.25) is 0 Å². The van der Waals surface area contributed by atoms with E-state index >= 15 is 0 Å². The van der Waals surface area contributed by atoms with Crippen molar-refractivity contribution in [2.75, 3.05) is 7.11 Å². The number of Topliss-reactive ketones (excluding diaryl/α,β-unsaturated/α-hetero) is 1. The van der Waals surface area contributed by atoms with E-state index in [0.29, 0.717) is 5.75 Å². The molecule has 188 valence electrons. The van der Waals surface area contributed by atoms with Gasteiger partial charge in [-0.15, -0.1) is 0 Å². The minimum Gasteiger partial charge on any atom is -0.493 e. The lowest BCUT2D eigenvalue weighted by molar-refractivity contribution is -0.158. The maximum absolute atomic E-state index is 13.1. The van der Waals surface area contributed by atoms with E-state index in [1.807, 2.05) is 67.6 Å². The number of nitrogens with zero attached hydrogens (tertiary/aromatic N) is 1. The van der Waals surface area contributed by atoms with Crippen molar-refractivity contribution in [2.45, 2.75) is 39.4 Å². The highest BCUT2D eigenvalue weighted by Crippen LogP contribution is 2.32. The van der Waals surface area contributed by atoms with Gasteiger partial charge in [-0.1, -0.05) is 55.5 Å². The van der Waals surface area contributed by atoms with E-state index in [1.54, 1.807) is 6.92 Å². The summed E-state index contributed by atoms with van der Waals surface area (Å²) in [4.78, 5) is 41.7. The molecule has 0 bridgehead atoms. The Bertz CT molecular complexity index is 1180. The molecule has 1 heterocycles. The Balaban J connectivity index is 1.76. The molecule has 0 amide bonds. The summed E-state index contributed by atoms with van der Waals surface area (Å²) < 4.78 is 22.2. The van der Waals surface area contributed by atoms with Crippen LogP contribution in [0.4, 0.5) is 0 Å². The lowest BCUT2D eigenvalue weighted by atomic mass is 10.0. The van der Waals surface area contributed by atoms with Crippen LogP contribution in [0, 0.1) is 5.92 Å². The average Bonchev–Trinajstić information content (AvgIpc) is 2.87. The van der Waals surface area contributed by atoms with Gasteiger partial charge in [0.05, 0.1) is 13.0 Å². The van der Waals surface area contributed by atoms with Gasteiger partial charge in [0.2, 0.25) is 5.75 Å². The van der Waals surface area contributed by atoms with Crippen molar-refractivity contribution in [3.05, 3.63) is 84.2 Å². The van der Waals surface area contributed by atoms with Gasteiger partial charge in [0.25, 0.3) is 0 Å². The Hall–Kier alpha value is -4.20. The summed E-state index contributed by atoms with van der Waals surface area (Å²) in [7, 11) is 1.39. The molecule has 3 aromatic rings. The van der Waals surface area contributed by atoms with Gasteiger partial charge < -0.3 is 18.9 Å². The monoisotopic (exact) mass is 491 g/mol. The number of aromatic nitrogens is 1. The molecule has 0 unspecified atom stereocenters. The number of para-hydroxylation sites is 1. The zero-order valence-corrected chi connectivity index (χ0v) is 20.7. The first kappa shape index (κ1) is 26.4. The van der Waals surface area contributed by atoms with E-state index in [1.165, 1.54) is 26.3 Å². The smallest absolute Gasteiger partial charge is 0.309 e. The van der Waals surface area contributed by atoms with Gasteiger partial charge in [-0.3, -0.25) is 14.4 Å². The lowest BCUT2D eigenvalue weighted by Gasteiger charge is -2.26. The summed E-state index contributed by atoms with van der Waals surface area (Å²) in [5.41, 5.74) is 0.670. The van der Waals surface area contributed by atoms with Crippen LogP contribution in [0.15, 0.2) is 72.9 Å². The Morgan fingerprint density at radius 1 is 0.917 bits per heavy atom. The number of methoxy groups -OCH3 is 1. The third-order valence-electron chi connectivity index (χ3n) is 5.35. The molecule has 0 saturated carbocycles. The number of pyridine rings is 1. The number of hydrogen-bond acceptors (Lipinski definition) is 8. The second-order valence-electron chi connectivity index (χ2n) is 8.22. The second kappa shape index (κ2) is 12.5. The maximum atomic E-state index is 13.1. The lowest BCUT2D eigenvalue weighted by Crippen LogP contribution is -2.29. The number of rotatable bonds is 11. The van der Waals surface area contributed by atoms with Gasteiger partial charge in [-0.25, -0.2) is 4.98 Å². The molecule has 8 heteroatoms. The van der Waals surface area contributed by atoms with Crippen LogP contribution >= 0.6 is 0 Å². The molecule has 36 heavy (non-hydrogen) atoms. The number of carbonyl (C=O) groups is 3. The highest BCUT2D eigenvalue weighted by Gasteiger charge is 2.30. The molecule has 0 fully saturated rings. The third kappa shape index (κ3) is 6.91. The van der Waals surface area contributed by atoms with E-state index in [0.717, 1.165) is 5.56 Å². The van der Waals surface area contributed by atoms with Gasteiger partial charge in [-0.05, 0) is 24.6 Å². The van der Waals surface area contributed by atoms with Crippen LogP contribution in [0.5, 0.6) is 17.2 Å². The molecule has 0 aliphatic heterocycles. The fraction of sp³-hybridized carbons (Fsp3) is 0.286. The van der Waals surface area contributed by atoms with E-state index in [9.17, 15) is 14.4 Å². The van der Waals surface area contributed by atoms with Crippen LogP contribution in [0.1, 0.15) is 49.3 Å². The zero-order valence-electron chi connectivity index (χ0n) is 20.7. The van der Waals surface area contributed by atoms with Gasteiger partial charge in [0, 0.05) is 25.6 Å². The number of benzene rings is 2. The highest BCUT2D eigenvalue weighted by atomic mass is 16.6. The number of hydrogen-bond donors (Lipinski definition) is 0. The van der Waals surface area contributed by atoms with Crippen molar-refractivity contribution in [1.82, 2.24) is 4.98 Å². The highest BCUT2D eigenvalue weighted by molar-refractivity contribution is 5.99. The van der Waals surface area contributed by atoms with Crippen LogP contribution in [0.3, 0.4) is 0 Å². The van der Waals surface area contributed by atoms with Crippen LogP contribution in [-0.4, -0.2) is 35.9 Å². The predicted octanol–water partition coefficient (Wildman–Crippen LogP) is 4.98. The molecular formula is C28H29NO7. The van der Waals surface area contributed by atoms with Gasteiger partial charge in [0.15, 0.2) is 23.3 Å². The number of esters is 2. The summed E-state index contributed by atoms with van der Waals surface area (Å²) in [6, 6.07) is 20.0. The summed E-state index contributed by atoms with van der Waals surface area (Å²) in [6.45, 7) is 4.62. The van der Waals surface area contributed by atoms with E-state index in [2.05, 4.69) is 4.98 Å². The van der Waals surface area contributed by atoms with Crippen molar-refractivity contribution in [3.63, 3.8) is 0 Å². The van der Waals surface area contributed by atoms with E-state index in [-0.39, 0.29) is 23.6 Å². The molecule has 0 N–H and O–H groups in total. The number of ketones is 1. The fourth-order valence-electron chi connectivity index (χ4n) is 3.58. The van der Waals surface area contributed by atoms with E-state index in [4.69, 9.17) is 18.9 Å². The summed E-state index contributed by atoms with van der Waals surface area (Å²) in [5.74, 6) is -1.73. The number of carbonyl (C=O) groups excluding carboxylic acids is 3. The molecule has 0 aliphatic rings. The predicted molar refractivity (Wildman–Crippen MR) is 132 cm³/mol. The molecule has 8 nitrogen and oxygen atoms in total. The Kier molecular flexibility index (Phi) is 9.16. The van der Waals surface area contributed by atoms with Crippen molar-refractivity contribution in [3.8, 4) is 17.2 Å². The van der Waals surface area contributed by atoms with Crippen molar-refractivity contribution in [1.29, 1.82) is 0 Å². The van der Waals surface area contributed by atoms with Crippen LogP contribution < -0.4 is 14.2 Å². The molecule has 0 saturated heterocycles. The molecule has 0 aliphatic carbocycles. The van der Waals surface area contributed by atoms with Crippen molar-refractivity contribution < 1.29 is 33.3 Å². The quantitative estimate of drug-likeness (QED) is 0.274. The fourth-order valence-corrected chi connectivity index (χ4v) is 3.58. The number of ether oxygens (including phenoxy) is 4. The normalized spacial score (nSPS) is 13.1. The van der Waals surface area contributed by atoms with Crippen LogP contribution in [-0.2, 0) is 14.3 Å². The maximum Gasteiger partial charge on any atom is 0.309 e. The topological polar surface area (TPSA) is 101 Å². The van der Waals surface area contributed by atoms with Gasteiger partial charge in [0.1, 0.15) is 11.9 Å². The Morgan fingerprint density at radius 2 is 1.56 bits per heavy atom. The first-order valence-electron chi connectivity index (χ1n) is 11.5. The SMILES string of the molecule is COc1ccnc(C(=O)C[C@@H](C)C(=O)O[C@H](c2ccccc2)[C@@H](C)Oc2ccccc2)c1OC(C)=O. The Morgan fingerprint density at radius 3 is 2.17 bits per heavy atom. The molecule has 0 spiro atoms. The van der Waals surface area contributed by atoms with Gasteiger partial charge in [-0.2, -0.15) is 0 Å². The minimum absolute atomic E-state index is 0.0786. The Labute approximate surface area is 210 Å². The van der Waals surface area contributed by atoms with Gasteiger partial charge >= 0.3 is 11.9 Å². The zero-order chi connectivity index (χ0) is 26.1. The third-order valence-corrected chi connectivity index (χ3v) is 5.35. The summed E-state index contributed by atoms with van der Waals surface area (Å²) in [5, 5.41) is 0. The molecular weight excluding hydrogens is 462 g/mol.